The number of carbonyl (C=O) groups excluding carboxylic acids is 2. The number of nitrogens with zero attached hydrogens (tertiary/aromatic N) is 1. The summed E-state index contributed by atoms with van der Waals surface area (Å²) >= 11 is 0. The van der Waals surface area contributed by atoms with Crippen LogP contribution in [0.1, 0.15) is 31.1 Å². The Morgan fingerprint density at radius 2 is 1.86 bits per heavy atom. The van der Waals surface area contributed by atoms with Crippen molar-refractivity contribution < 1.29 is 14.3 Å². The maximum absolute atomic E-state index is 12.2. The van der Waals surface area contributed by atoms with Crippen LogP contribution in [-0.4, -0.2) is 31.2 Å². The Bertz CT molecular complexity index is 550. The van der Waals surface area contributed by atoms with E-state index in [-0.39, 0.29) is 12.5 Å². The van der Waals surface area contributed by atoms with Crippen LogP contribution in [0.2, 0.25) is 0 Å². The predicted molar refractivity (Wildman–Crippen MR) is 82.2 cm³/mol. The smallest absolute Gasteiger partial charge is 0.415 e. The molecule has 0 aliphatic heterocycles. The summed E-state index contributed by atoms with van der Waals surface area (Å²) < 4.78 is 5.32. The third-order valence-corrected chi connectivity index (χ3v) is 2.53. The van der Waals surface area contributed by atoms with Crippen LogP contribution in [-0.2, 0) is 4.74 Å². The molecule has 21 heavy (non-hydrogen) atoms. The lowest BCUT2D eigenvalue weighted by Gasteiger charge is -2.26. The van der Waals surface area contributed by atoms with Gasteiger partial charge in [-0.1, -0.05) is 5.92 Å². The second-order valence-corrected chi connectivity index (χ2v) is 5.40. The van der Waals surface area contributed by atoms with E-state index in [0.717, 1.165) is 0 Å². The number of carbonyl (C=O) groups is 2. The van der Waals surface area contributed by atoms with E-state index in [2.05, 4.69) is 11.2 Å². The van der Waals surface area contributed by atoms with E-state index in [0.29, 0.717) is 11.3 Å². The highest BCUT2D eigenvalue weighted by molar-refractivity contribution is 5.95. The minimum Gasteiger partial charge on any atom is -0.443 e. The summed E-state index contributed by atoms with van der Waals surface area (Å²) in [7, 11) is 1.56. The average molecular weight is 288 g/mol. The topological polar surface area (TPSA) is 58.6 Å². The molecule has 0 spiro atoms. The highest BCUT2D eigenvalue weighted by Crippen LogP contribution is 2.18. The fourth-order valence-corrected chi connectivity index (χ4v) is 1.61. The molecule has 1 N–H and O–H groups in total. The molecular formula is C16H20N2O3. The molecule has 1 aromatic carbocycles. The number of amides is 2. The van der Waals surface area contributed by atoms with Crippen molar-refractivity contribution in [2.45, 2.75) is 26.4 Å². The molecule has 0 bridgehead atoms. The van der Waals surface area contributed by atoms with Crippen molar-refractivity contribution in [1.29, 1.82) is 0 Å². The molecule has 1 rings (SSSR count). The quantitative estimate of drug-likeness (QED) is 0.869. The second kappa shape index (κ2) is 6.80. The van der Waals surface area contributed by atoms with Gasteiger partial charge in [0.05, 0.1) is 6.54 Å². The van der Waals surface area contributed by atoms with Crippen molar-refractivity contribution in [3.63, 3.8) is 0 Å². The Labute approximate surface area is 125 Å². The Morgan fingerprint density at radius 1 is 1.29 bits per heavy atom. The molecule has 0 radical (unpaired) electrons. The summed E-state index contributed by atoms with van der Waals surface area (Å²) in [6.07, 6.45) is 4.78. The summed E-state index contributed by atoms with van der Waals surface area (Å²) in [5.74, 6) is 2.24. The number of terminal acetylenes is 1. The van der Waals surface area contributed by atoms with Gasteiger partial charge in [0, 0.05) is 18.3 Å². The first-order chi connectivity index (χ1) is 9.78. The maximum atomic E-state index is 12.2. The lowest BCUT2D eigenvalue weighted by Crippen LogP contribution is -2.37. The zero-order chi connectivity index (χ0) is 16.0. The minimum atomic E-state index is -0.605. The van der Waals surface area contributed by atoms with E-state index in [1.54, 1.807) is 52.1 Å². The van der Waals surface area contributed by atoms with E-state index < -0.39 is 11.7 Å². The number of ether oxygens (including phenoxy) is 1. The molecule has 0 unspecified atom stereocenters. The van der Waals surface area contributed by atoms with Crippen LogP contribution in [0, 0.1) is 12.3 Å². The third-order valence-electron chi connectivity index (χ3n) is 2.53. The molecule has 2 amide bonds. The van der Waals surface area contributed by atoms with Crippen molar-refractivity contribution >= 4 is 17.7 Å². The van der Waals surface area contributed by atoms with Crippen molar-refractivity contribution in [3.8, 4) is 12.3 Å². The lowest BCUT2D eigenvalue weighted by molar-refractivity contribution is 0.0585. The van der Waals surface area contributed by atoms with Gasteiger partial charge in [0.2, 0.25) is 0 Å². The number of nitrogens with one attached hydrogen (secondary N) is 1. The van der Waals surface area contributed by atoms with Crippen LogP contribution in [0.25, 0.3) is 0 Å². The van der Waals surface area contributed by atoms with Crippen LogP contribution in [0.5, 0.6) is 0 Å². The third kappa shape index (κ3) is 4.84. The SMILES string of the molecule is C#CCN(C(=O)OC(C)(C)C)c1ccc(C(=O)NC)cc1. The van der Waals surface area contributed by atoms with E-state index in [1.807, 2.05) is 0 Å². The van der Waals surface area contributed by atoms with Crippen LogP contribution >= 0.6 is 0 Å². The molecule has 0 heterocycles. The van der Waals surface area contributed by atoms with Gasteiger partial charge < -0.3 is 10.1 Å². The molecular weight excluding hydrogens is 268 g/mol. The van der Waals surface area contributed by atoms with Crippen LogP contribution in [0.15, 0.2) is 24.3 Å². The summed E-state index contributed by atoms with van der Waals surface area (Å²) in [5, 5.41) is 2.53. The Balaban J connectivity index is 2.98. The highest BCUT2D eigenvalue weighted by atomic mass is 16.6. The normalized spacial score (nSPS) is 10.4. The van der Waals surface area contributed by atoms with Crippen molar-refractivity contribution in [1.82, 2.24) is 5.32 Å². The highest BCUT2D eigenvalue weighted by Gasteiger charge is 2.22. The predicted octanol–water partition coefficient (Wildman–Crippen LogP) is 2.42. The van der Waals surface area contributed by atoms with Gasteiger partial charge in [-0.2, -0.15) is 0 Å². The molecule has 0 aromatic heterocycles. The molecule has 0 saturated heterocycles. The second-order valence-electron chi connectivity index (χ2n) is 5.40. The molecule has 5 heteroatoms. The number of hydrogen-bond donors (Lipinski definition) is 1. The summed E-state index contributed by atoms with van der Waals surface area (Å²) in [4.78, 5) is 25.0. The van der Waals surface area contributed by atoms with Gasteiger partial charge in [0.15, 0.2) is 0 Å². The van der Waals surface area contributed by atoms with Crippen molar-refractivity contribution in [3.05, 3.63) is 29.8 Å². The van der Waals surface area contributed by atoms with E-state index in [1.165, 1.54) is 4.90 Å². The standard InChI is InChI=1S/C16H20N2O3/c1-6-11-18(15(20)21-16(2,3)4)13-9-7-12(8-10-13)14(19)17-5/h1,7-10H,11H2,2-5H3,(H,17,19). The summed E-state index contributed by atoms with van der Waals surface area (Å²) in [6.45, 7) is 5.45. The zero-order valence-electron chi connectivity index (χ0n) is 12.8. The first-order valence-electron chi connectivity index (χ1n) is 6.54. The number of rotatable bonds is 3. The van der Waals surface area contributed by atoms with Crippen molar-refractivity contribution in [2.24, 2.45) is 0 Å². The Kier molecular flexibility index (Phi) is 5.37. The first-order valence-corrected chi connectivity index (χ1v) is 6.54. The summed E-state index contributed by atoms with van der Waals surface area (Å²) in [6, 6.07) is 6.57. The largest absolute Gasteiger partial charge is 0.443 e. The van der Waals surface area contributed by atoms with Crippen molar-refractivity contribution in [2.75, 3.05) is 18.5 Å². The average Bonchev–Trinajstić information content (AvgIpc) is 2.42. The van der Waals surface area contributed by atoms with Gasteiger partial charge in [-0.3, -0.25) is 9.69 Å². The minimum absolute atomic E-state index is 0.0915. The lowest BCUT2D eigenvalue weighted by atomic mass is 10.2. The fourth-order valence-electron chi connectivity index (χ4n) is 1.61. The fraction of sp³-hybridized carbons (Fsp3) is 0.375. The van der Waals surface area contributed by atoms with E-state index in [4.69, 9.17) is 11.2 Å². The van der Waals surface area contributed by atoms with Crippen LogP contribution < -0.4 is 10.2 Å². The number of benzene rings is 1. The van der Waals surface area contributed by atoms with E-state index in [9.17, 15) is 9.59 Å². The number of anilines is 1. The Morgan fingerprint density at radius 3 is 2.29 bits per heavy atom. The monoisotopic (exact) mass is 288 g/mol. The van der Waals surface area contributed by atoms with Crippen LogP contribution in [0.4, 0.5) is 10.5 Å². The van der Waals surface area contributed by atoms with Gasteiger partial charge in [-0.25, -0.2) is 4.79 Å². The van der Waals surface area contributed by atoms with E-state index >= 15 is 0 Å². The maximum Gasteiger partial charge on any atom is 0.415 e. The van der Waals surface area contributed by atoms with Crippen LogP contribution in [0.3, 0.4) is 0 Å². The molecule has 0 aliphatic carbocycles. The molecule has 0 saturated carbocycles. The van der Waals surface area contributed by atoms with Gasteiger partial charge in [-0.15, -0.1) is 6.42 Å². The molecule has 112 valence electrons. The van der Waals surface area contributed by atoms with Gasteiger partial charge in [0.1, 0.15) is 5.60 Å². The molecule has 1 aromatic rings. The Hall–Kier alpha value is -2.48. The summed E-state index contributed by atoms with van der Waals surface area (Å²) in [5.41, 5.74) is 0.479. The first kappa shape index (κ1) is 16.6. The zero-order valence-corrected chi connectivity index (χ0v) is 12.8. The molecule has 5 nitrogen and oxygen atoms in total. The van der Waals surface area contributed by atoms with Gasteiger partial charge >= 0.3 is 6.09 Å². The number of hydrogen-bond acceptors (Lipinski definition) is 3. The van der Waals surface area contributed by atoms with Gasteiger partial charge in [-0.05, 0) is 45.0 Å². The molecule has 0 aliphatic rings. The molecule has 0 fully saturated rings. The van der Waals surface area contributed by atoms with Gasteiger partial charge in [0.25, 0.3) is 5.91 Å². The molecule has 0 atom stereocenters.